The molecule has 1 saturated heterocycles. The summed E-state index contributed by atoms with van der Waals surface area (Å²) in [4.78, 5) is 6.31. The lowest BCUT2D eigenvalue weighted by Crippen LogP contribution is -2.21. The van der Waals surface area contributed by atoms with Crippen LogP contribution in [0.5, 0.6) is 0 Å². The zero-order valence-electron chi connectivity index (χ0n) is 7.78. The largest absolute Gasteiger partial charge is 0.396 e. The van der Waals surface area contributed by atoms with E-state index in [-0.39, 0.29) is 6.61 Å². The van der Waals surface area contributed by atoms with Crippen molar-refractivity contribution in [2.75, 3.05) is 24.6 Å². The average Bonchev–Trinajstić information content (AvgIpc) is 2.67. The zero-order chi connectivity index (χ0) is 9.97. The number of aliphatic hydroxyl groups excluding tert-OH is 1. The van der Waals surface area contributed by atoms with Crippen LogP contribution in [-0.2, 0) is 0 Å². The van der Waals surface area contributed by atoms with Gasteiger partial charge in [-0.1, -0.05) is 11.6 Å². The monoisotopic (exact) mass is 211 g/mol. The molecule has 0 aromatic carbocycles. The van der Waals surface area contributed by atoms with Gasteiger partial charge >= 0.3 is 0 Å². The molecule has 0 aliphatic carbocycles. The fourth-order valence-electron chi connectivity index (χ4n) is 1.73. The maximum Gasteiger partial charge on any atom is 0.147 e. The maximum atomic E-state index is 9.01. The molecule has 1 N–H and O–H groups in total. The molecular formula is C10H12ClN2O. The van der Waals surface area contributed by atoms with E-state index >= 15 is 0 Å². The Hall–Kier alpha value is -0.800. The van der Waals surface area contributed by atoms with E-state index < -0.39 is 0 Å². The van der Waals surface area contributed by atoms with Gasteiger partial charge in [-0.3, -0.25) is 0 Å². The van der Waals surface area contributed by atoms with Crippen molar-refractivity contribution < 1.29 is 5.11 Å². The first kappa shape index (κ1) is 9.74. The summed E-state index contributed by atoms with van der Waals surface area (Å²) in [6.45, 7) is 1.99. The summed E-state index contributed by atoms with van der Waals surface area (Å²) < 4.78 is 0. The normalized spacial score (nSPS) is 21.6. The number of pyridine rings is 1. The zero-order valence-corrected chi connectivity index (χ0v) is 8.54. The molecule has 1 radical (unpaired) electrons. The number of rotatable bonds is 2. The van der Waals surface area contributed by atoms with Crippen molar-refractivity contribution in [3.8, 4) is 0 Å². The Morgan fingerprint density at radius 3 is 3.21 bits per heavy atom. The molecule has 1 aromatic heterocycles. The lowest BCUT2D eigenvalue weighted by atomic mass is 10.1. The molecule has 1 atom stereocenters. The maximum absolute atomic E-state index is 9.01. The molecule has 1 fully saturated rings. The van der Waals surface area contributed by atoms with Crippen molar-refractivity contribution in [3.63, 3.8) is 0 Å². The van der Waals surface area contributed by atoms with Crippen LogP contribution >= 0.6 is 11.6 Å². The average molecular weight is 212 g/mol. The van der Waals surface area contributed by atoms with E-state index in [4.69, 9.17) is 16.7 Å². The van der Waals surface area contributed by atoms with Crippen LogP contribution in [0.25, 0.3) is 0 Å². The number of halogens is 1. The van der Waals surface area contributed by atoms with Crippen molar-refractivity contribution in [2.45, 2.75) is 6.42 Å². The molecule has 4 heteroatoms. The molecule has 0 bridgehead atoms. The number of aromatic nitrogens is 1. The fourth-order valence-corrected chi connectivity index (χ4v) is 1.97. The van der Waals surface area contributed by atoms with Gasteiger partial charge in [0.1, 0.15) is 5.82 Å². The third kappa shape index (κ3) is 1.83. The van der Waals surface area contributed by atoms with E-state index in [1.807, 2.05) is 0 Å². The van der Waals surface area contributed by atoms with Crippen LogP contribution in [0.1, 0.15) is 6.42 Å². The molecule has 2 heterocycles. The number of nitrogens with zero attached hydrogens (tertiary/aromatic N) is 2. The second kappa shape index (κ2) is 4.15. The standard InChI is InChI=1S/C10H12ClN2O/c11-9-2-1-4-12-10(9)13-5-3-8(6-13)7-14/h1,4,8,14H,3,5-7H2/t8-/m0/s1. The third-order valence-electron chi connectivity index (χ3n) is 2.52. The molecule has 1 aliphatic heterocycles. The molecule has 14 heavy (non-hydrogen) atoms. The number of anilines is 1. The Bertz CT molecular complexity index is 319. The van der Waals surface area contributed by atoms with Gasteiger partial charge in [0, 0.05) is 37.9 Å². The van der Waals surface area contributed by atoms with Crippen LogP contribution in [-0.4, -0.2) is 29.8 Å². The molecular weight excluding hydrogens is 200 g/mol. The molecule has 0 saturated carbocycles. The van der Waals surface area contributed by atoms with Crippen LogP contribution in [0.3, 0.4) is 0 Å². The quantitative estimate of drug-likeness (QED) is 0.803. The van der Waals surface area contributed by atoms with Gasteiger partial charge in [0.2, 0.25) is 0 Å². The van der Waals surface area contributed by atoms with Crippen LogP contribution in [0.15, 0.2) is 12.3 Å². The van der Waals surface area contributed by atoms with Crippen molar-refractivity contribution >= 4 is 17.4 Å². The van der Waals surface area contributed by atoms with Crippen molar-refractivity contribution in [1.29, 1.82) is 0 Å². The Labute approximate surface area is 88.3 Å². The van der Waals surface area contributed by atoms with Crippen LogP contribution in [0.2, 0.25) is 5.02 Å². The van der Waals surface area contributed by atoms with Gasteiger partial charge in [0.25, 0.3) is 0 Å². The molecule has 0 amide bonds. The lowest BCUT2D eigenvalue weighted by Gasteiger charge is -2.17. The molecule has 1 aliphatic rings. The summed E-state index contributed by atoms with van der Waals surface area (Å²) in [5.74, 6) is 1.14. The van der Waals surface area contributed by atoms with Gasteiger partial charge in [-0.15, -0.1) is 0 Å². The molecule has 0 unspecified atom stereocenters. The number of aliphatic hydroxyl groups is 1. The molecule has 0 spiro atoms. The summed E-state index contributed by atoms with van der Waals surface area (Å²) in [5.41, 5.74) is 0. The molecule has 75 valence electrons. The summed E-state index contributed by atoms with van der Waals surface area (Å²) in [6, 6.07) is 4.61. The SMILES string of the molecule is OC[C@H]1CCN(c2ncc[c]c2Cl)C1. The highest BCUT2D eigenvalue weighted by Crippen LogP contribution is 2.27. The van der Waals surface area contributed by atoms with E-state index in [1.165, 1.54) is 0 Å². The Balaban J connectivity index is 2.13. The highest BCUT2D eigenvalue weighted by molar-refractivity contribution is 6.32. The summed E-state index contributed by atoms with van der Waals surface area (Å²) in [5, 5.41) is 9.57. The van der Waals surface area contributed by atoms with E-state index in [9.17, 15) is 0 Å². The fraction of sp³-hybridized carbons (Fsp3) is 0.500. The van der Waals surface area contributed by atoms with Gasteiger partial charge < -0.3 is 10.0 Å². The minimum absolute atomic E-state index is 0.241. The van der Waals surface area contributed by atoms with Gasteiger partial charge in [0.05, 0.1) is 5.02 Å². The highest BCUT2D eigenvalue weighted by atomic mass is 35.5. The van der Waals surface area contributed by atoms with Gasteiger partial charge in [-0.2, -0.15) is 0 Å². The van der Waals surface area contributed by atoms with E-state index in [0.717, 1.165) is 25.3 Å². The van der Waals surface area contributed by atoms with Crippen molar-refractivity contribution in [2.24, 2.45) is 5.92 Å². The van der Waals surface area contributed by atoms with Crippen LogP contribution in [0.4, 0.5) is 5.82 Å². The second-order valence-electron chi connectivity index (χ2n) is 3.51. The van der Waals surface area contributed by atoms with Crippen LogP contribution < -0.4 is 4.90 Å². The van der Waals surface area contributed by atoms with Gasteiger partial charge in [0.15, 0.2) is 0 Å². The molecule has 3 nitrogen and oxygen atoms in total. The van der Waals surface area contributed by atoms with Crippen LogP contribution in [0, 0.1) is 12.0 Å². The molecule has 2 rings (SSSR count). The van der Waals surface area contributed by atoms with Crippen molar-refractivity contribution in [1.82, 2.24) is 4.98 Å². The smallest absolute Gasteiger partial charge is 0.147 e. The van der Waals surface area contributed by atoms with E-state index in [1.54, 1.807) is 12.3 Å². The first-order valence-electron chi connectivity index (χ1n) is 4.69. The minimum Gasteiger partial charge on any atom is -0.396 e. The summed E-state index contributed by atoms with van der Waals surface area (Å²) >= 11 is 5.97. The lowest BCUT2D eigenvalue weighted by molar-refractivity contribution is 0.238. The number of hydrogen-bond acceptors (Lipinski definition) is 3. The topological polar surface area (TPSA) is 36.4 Å². The van der Waals surface area contributed by atoms with Gasteiger partial charge in [-0.25, -0.2) is 4.98 Å². The predicted octanol–water partition coefficient (Wildman–Crippen LogP) is 1.35. The highest BCUT2D eigenvalue weighted by Gasteiger charge is 2.23. The second-order valence-corrected chi connectivity index (χ2v) is 3.89. The predicted molar refractivity (Wildman–Crippen MR) is 55.5 cm³/mol. The Kier molecular flexibility index (Phi) is 2.89. The minimum atomic E-state index is 0.241. The summed E-state index contributed by atoms with van der Waals surface area (Å²) in [7, 11) is 0. The first-order valence-corrected chi connectivity index (χ1v) is 5.07. The number of hydrogen-bond donors (Lipinski definition) is 1. The Morgan fingerprint density at radius 2 is 2.57 bits per heavy atom. The summed E-state index contributed by atoms with van der Waals surface area (Å²) in [6.07, 6.45) is 2.69. The van der Waals surface area contributed by atoms with Gasteiger partial charge in [-0.05, 0) is 12.5 Å². The molecule has 1 aromatic rings. The van der Waals surface area contributed by atoms with E-state index in [2.05, 4.69) is 16.0 Å². The third-order valence-corrected chi connectivity index (χ3v) is 2.80. The van der Waals surface area contributed by atoms with Crippen molar-refractivity contribution in [3.05, 3.63) is 23.4 Å². The Morgan fingerprint density at radius 1 is 1.71 bits per heavy atom. The first-order chi connectivity index (χ1) is 6.81. The van der Waals surface area contributed by atoms with E-state index in [0.29, 0.717) is 10.9 Å².